The van der Waals surface area contributed by atoms with Crippen LogP contribution in [-0.2, 0) is 6.42 Å². The van der Waals surface area contributed by atoms with Crippen LogP contribution in [0.1, 0.15) is 28.1 Å². The van der Waals surface area contributed by atoms with Gasteiger partial charge in [-0.2, -0.15) is 0 Å². The number of nitrogens with one attached hydrogen (secondary N) is 2. The molecule has 1 heterocycles. The van der Waals surface area contributed by atoms with Crippen LogP contribution in [0.2, 0.25) is 0 Å². The number of carbonyl (C=O) groups is 1. The van der Waals surface area contributed by atoms with E-state index in [1.54, 1.807) is 23.5 Å². The summed E-state index contributed by atoms with van der Waals surface area (Å²) in [7, 11) is 0. The second-order valence-corrected chi connectivity index (χ2v) is 6.53. The van der Waals surface area contributed by atoms with Crippen LogP contribution in [-0.4, -0.2) is 23.4 Å². The molecule has 2 N–H and O–H groups in total. The Hall–Kier alpha value is -2.41. The lowest BCUT2D eigenvalue weighted by atomic mass is 10.1. The minimum atomic E-state index is -0.457. The lowest BCUT2D eigenvalue weighted by Gasteiger charge is -2.08. The van der Waals surface area contributed by atoms with Gasteiger partial charge in [0.25, 0.3) is 11.6 Å². The van der Waals surface area contributed by atoms with E-state index in [1.807, 2.05) is 17.5 Å². The third-order valence-corrected chi connectivity index (χ3v) is 4.57. The topological polar surface area (TPSA) is 84.3 Å². The fourth-order valence-electron chi connectivity index (χ4n) is 2.25. The van der Waals surface area contributed by atoms with E-state index in [0.717, 1.165) is 19.3 Å². The molecule has 0 spiro atoms. The number of nitro benzene ring substituents is 1. The highest BCUT2D eigenvalue weighted by molar-refractivity contribution is 7.09. The fraction of sp³-hybridized carbons (Fsp3) is 0.312. The SMILES string of the molecule is O=C(NC1CC1)c1ccc(NCCc2cccs2)c([N+](=O)[O-])c1. The maximum absolute atomic E-state index is 12.0. The van der Waals surface area contributed by atoms with E-state index < -0.39 is 4.92 Å². The Morgan fingerprint density at radius 2 is 2.17 bits per heavy atom. The van der Waals surface area contributed by atoms with Gasteiger partial charge < -0.3 is 10.6 Å². The average molecular weight is 331 g/mol. The van der Waals surface area contributed by atoms with Gasteiger partial charge in [0.15, 0.2) is 0 Å². The van der Waals surface area contributed by atoms with Crippen molar-refractivity contribution in [2.24, 2.45) is 0 Å². The maximum Gasteiger partial charge on any atom is 0.293 e. The summed E-state index contributed by atoms with van der Waals surface area (Å²) < 4.78 is 0. The van der Waals surface area contributed by atoms with Crippen LogP contribution < -0.4 is 10.6 Å². The zero-order valence-electron chi connectivity index (χ0n) is 12.5. The summed E-state index contributed by atoms with van der Waals surface area (Å²) in [6.45, 7) is 0.606. The van der Waals surface area contributed by atoms with Crippen LogP contribution in [0.4, 0.5) is 11.4 Å². The Morgan fingerprint density at radius 1 is 1.35 bits per heavy atom. The Balaban J connectivity index is 1.68. The van der Waals surface area contributed by atoms with Gasteiger partial charge in [0, 0.05) is 29.1 Å². The van der Waals surface area contributed by atoms with Gasteiger partial charge in [-0.1, -0.05) is 6.07 Å². The van der Waals surface area contributed by atoms with Gasteiger partial charge in [-0.25, -0.2) is 0 Å². The first-order chi connectivity index (χ1) is 11.1. The normalized spacial score (nSPS) is 13.6. The predicted molar refractivity (Wildman–Crippen MR) is 90.1 cm³/mol. The van der Waals surface area contributed by atoms with E-state index in [1.165, 1.54) is 10.9 Å². The lowest BCUT2D eigenvalue weighted by molar-refractivity contribution is -0.384. The molecule has 6 nitrogen and oxygen atoms in total. The first-order valence-electron chi connectivity index (χ1n) is 7.49. The molecule has 1 fully saturated rings. The molecule has 0 aliphatic heterocycles. The van der Waals surface area contributed by atoms with Crippen molar-refractivity contribution in [3.63, 3.8) is 0 Å². The van der Waals surface area contributed by atoms with Gasteiger partial charge in [0.1, 0.15) is 5.69 Å². The summed E-state index contributed by atoms with van der Waals surface area (Å²) in [6, 6.07) is 8.81. The predicted octanol–water partition coefficient (Wildman–Crippen LogP) is 3.20. The molecule has 0 atom stereocenters. The Morgan fingerprint density at radius 3 is 2.83 bits per heavy atom. The number of nitro groups is 1. The summed E-state index contributed by atoms with van der Waals surface area (Å²) in [5.41, 5.74) is 0.696. The minimum absolute atomic E-state index is 0.0698. The summed E-state index contributed by atoms with van der Waals surface area (Å²) >= 11 is 1.66. The molecule has 7 heteroatoms. The van der Waals surface area contributed by atoms with E-state index in [4.69, 9.17) is 0 Å². The van der Waals surface area contributed by atoms with Gasteiger partial charge >= 0.3 is 0 Å². The number of nitrogens with zero attached hydrogens (tertiary/aromatic N) is 1. The zero-order valence-corrected chi connectivity index (χ0v) is 13.3. The average Bonchev–Trinajstić information content (AvgIpc) is 3.19. The molecule has 0 unspecified atom stereocenters. The van der Waals surface area contributed by atoms with Crippen molar-refractivity contribution in [1.82, 2.24) is 5.32 Å². The first-order valence-corrected chi connectivity index (χ1v) is 8.37. The van der Waals surface area contributed by atoms with Crippen LogP contribution in [0.15, 0.2) is 35.7 Å². The molecule has 1 aliphatic rings. The van der Waals surface area contributed by atoms with Gasteiger partial charge in [-0.3, -0.25) is 14.9 Å². The Bertz CT molecular complexity index is 711. The molecule has 1 aromatic heterocycles. The summed E-state index contributed by atoms with van der Waals surface area (Å²) in [6.07, 6.45) is 2.77. The van der Waals surface area contributed by atoms with E-state index in [9.17, 15) is 14.9 Å². The molecular weight excluding hydrogens is 314 g/mol. The lowest BCUT2D eigenvalue weighted by Crippen LogP contribution is -2.25. The number of carbonyl (C=O) groups excluding carboxylic acids is 1. The molecule has 0 radical (unpaired) electrons. The number of benzene rings is 1. The number of thiophene rings is 1. The molecular formula is C16H17N3O3S. The van der Waals surface area contributed by atoms with Crippen LogP contribution in [0.3, 0.4) is 0 Å². The van der Waals surface area contributed by atoms with Crippen molar-refractivity contribution >= 4 is 28.6 Å². The monoisotopic (exact) mass is 331 g/mol. The molecule has 1 aromatic carbocycles. The Kier molecular flexibility index (Phi) is 4.57. The van der Waals surface area contributed by atoms with Crippen molar-refractivity contribution in [1.29, 1.82) is 0 Å². The second-order valence-electron chi connectivity index (χ2n) is 5.49. The van der Waals surface area contributed by atoms with Crippen molar-refractivity contribution in [2.75, 3.05) is 11.9 Å². The van der Waals surface area contributed by atoms with Crippen LogP contribution >= 0.6 is 11.3 Å². The van der Waals surface area contributed by atoms with Crippen molar-refractivity contribution in [2.45, 2.75) is 25.3 Å². The molecule has 1 saturated carbocycles. The number of hydrogen-bond acceptors (Lipinski definition) is 5. The summed E-state index contributed by atoms with van der Waals surface area (Å²) in [5, 5.41) is 19.2. The Labute approximate surface area is 137 Å². The van der Waals surface area contributed by atoms with Gasteiger partial charge in [-0.05, 0) is 42.8 Å². The van der Waals surface area contributed by atoms with Gasteiger partial charge in [0.05, 0.1) is 4.92 Å². The highest BCUT2D eigenvalue weighted by Crippen LogP contribution is 2.26. The molecule has 120 valence electrons. The fourth-order valence-corrected chi connectivity index (χ4v) is 2.95. The molecule has 3 rings (SSSR count). The van der Waals surface area contributed by atoms with Crippen molar-refractivity contribution in [3.8, 4) is 0 Å². The summed E-state index contributed by atoms with van der Waals surface area (Å²) in [5.74, 6) is -0.249. The molecule has 2 aromatic rings. The number of amides is 1. The molecule has 0 saturated heterocycles. The quantitative estimate of drug-likeness (QED) is 0.603. The third-order valence-electron chi connectivity index (χ3n) is 3.64. The van der Waals surface area contributed by atoms with E-state index >= 15 is 0 Å². The smallest absolute Gasteiger partial charge is 0.293 e. The van der Waals surface area contributed by atoms with E-state index in [2.05, 4.69) is 10.6 Å². The van der Waals surface area contributed by atoms with Crippen molar-refractivity contribution in [3.05, 3.63) is 56.3 Å². The largest absolute Gasteiger partial charge is 0.379 e. The molecule has 1 aliphatic carbocycles. The maximum atomic E-state index is 12.0. The zero-order chi connectivity index (χ0) is 16.2. The molecule has 0 bridgehead atoms. The van der Waals surface area contributed by atoms with Crippen molar-refractivity contribution < 1.29 is 9.72 Å². The van der Waals surface area contributed by atoms with Gasteiger partial charge in [0.2, 0.25) is 0 Å². The van der Waals surface area contributed by atoms with E-state index in [-0.39, 0.29) is 17.6 Å². The minimum Gasteiger partial charge on any atom is -0.379 e. The van der Waals surface area contributed by atoms with Crippen LogP contribution in [0.5, 0.6) is 0 Å². The number of hydrogen-bond donors (Lipinski definition) is 2. The molecule has 23 heavy (non-hydrogen) atoms. The summed E-state index contributed by atoms with van der Waals surface area (Å²) in [4.78, 5) is 24.0. The van der Waals surface area contributed by atoms with Crippen LogP contribution in [0, 0.1) is 10.1 Å². The highest BCUT2D eigenvalue weighted by atomic mass is 32.1. The highest BCUT2D eigenvalue weighted by Gasteiger charge is 2.25. The first kappa shape index (κ1) is 15.5. The van der Waals surface area contributed by atoms with E-state index in [0.29, 0.717) is 17.8 Å². The third kappa shape index (κ3) is 4.07. The molecule has 1 amide bonds. The standard InChI is InChI=1S/C16H17N3O3S/c20-16(18-12-4-5-12)11-3-6-14(15(10-11)19(21)22)17-8-7-13-2-1-9-23-13/h1-3,6,9-10,12,17H,4-5,7-8H2,(H,18,20). The van der Waals surface area contributed by atoms with Crippen LogP contribution in [0.25, 0.3) is 0 Å². The number of anilines is 1. The second kappa shape index (κ2) is 6.78. The number of rotatable bonds is 7. The van der Waals surface area contributed by atoms with Gasteiger partial charge in [-0.15, -0.1) is 11.3 Å².